The first-order valence-corrected chi connectivity index (χ1v) is 6.20. The first kappa shape index (κ1) is 15.4. The average Bonchev–Trinajstić information content (AvgIpc) is 2.37. The Morgan fingerprint density at radius 3 is 2.29 bits per heavy atom. The molecule has 1 aromatic carbocycles. The number of hydrogen-bond donors (Lipinski definition) is 0. The van der Waals surface area contributed by atoms with Gasteiger partial charge in [-0.3, -0.25) is 0 Å². The highest BCUT2D eigenvalue weighted by Gasteiger charge is 1.81. The molecule has 0 N–H and O–H groups in total. The minimum absolute atomic E-state index is 1.02. The monoisotopic (exact) mass is 228 g/mol. The molecule has 17 heavy (non-hydrogen) atoms. The number of unbranched alkanes of at least 4 members (excludes halogenated alkanes) is 2. The van der Waals surface area contributed by atoms with E-state index in [9.17, 15) is 0 Å². The predicted molar refractivity (Wildman–Crippen MR) is 80.0 cm³/mol. The second kappa shape index (κ2) is 10.9. The zero-order valence-corrected chi connectivity index (χ0v) is 11.2. The van der Waals surface area contributed by atoms with Gasteiger partial charge in [0.05, 0.1) is 0 Å². The van der Waals surface area contributed by atoms with Crippen molar-refractivity contribution in [3.63, 3.8) is 0 Å². The second-order valence-corrected chi connectivity index (χ2v) is 4.01. The molecular formula is C17H24. The van der Waals surface area contributed by atoms with E-state index in [1.807, 2.05) is 13.0 Å². The van der Waals surface area contributed by atoms with E-state index in [1.165, 1.54) is 24.8 Å². The highest BCUT2D eigenvalue weighted by molar-refractivity contribution is 5.48. The highest BCUT2D eigenvalue weighted by atomic mass is 13.9. The summed E-state index contributed by atoms with van der Waals surface area (Å²) in [5.41, 5.74) is 2.32. The molecule has 0 spiro atoms. The summed E-state index contributed by atoms with van der Waals surface area (Å²) in [5.74, 6) is 0. The van der Waals surface area contributed by atoms with Crippen molar-refractivity contribution in [2.45, 2.75) is 33.1 Å². The Kier molecular flexibility index (Phi) is 9.94. The van der Waals surface area contributed by atoms with Crippen LogP contribution in [0, 0.1) is 0 Å². The van der Waals surface area contributed by atoms with Gasteiger partial charge in [0.2, 0.25) is 0 Å². The van der Waals surface area contributed by atoms with Crippen LogP contribution in [0.3, 0.4) is 0 Å². The number of rotatable bonds is 5. The Bertz CT molecular complexity index is 330. The van der Waals surface area contributed by atoms with Crippen LogP contribution in [-0.2, 0) is 0 Å². The fraction of sp³-hybridized carbons (Fsp3) is 0.294. The third kappa shape index (κ3) is 10.7. The molecule has 0 aromatic heterocycles. The summed E-state index contributed by atoms with van der Waals surface area (Å²) in [5, 5.41) is 0. The molecule has 0 aliphatic carbocycles. The van der Waals surface area contributed by atoms with Crippen LogP contribution >= 0.6 is 0 Å². The lowest BCUT2D eigenvalue weighted by Crippen LogP contribution is -1.69. The molecule has 0 unspecified atom stereocenters. The topological polar surface area (TPSA) is 0 Å². The van der Waals surface area contributed by atoms with Crippen LogP contribution in [0.15, 0.2) is 61.2 Å². The summed E-state index contributed by atoms with van der Waals surface area (Å²) in [7, 11) is 0. The van der Waals surface area contributed by atoms with Crippen molar-refractivity contribution < 1.29 is 0 Å². The lowest BCUT2D eigenvalue weighted by molar-refractivity contribution is 0.816. The SMILES string of the molecule is C=CC(=C)C.CCCCC=Cc1ccccc1. The van der Waals surface area contributed by atoms with E-state index in [0.717, 1.165) is 5.57 Å². The zero-order chi connectivity index (χ0) is 12.9. The van der Waals surface area contributed by atoms with Gasteiger partial charge in [0.1, 0.15) is 0 Å². The summed E-state index contributed by atoms with van der Waals surface area (Å²) >= 11 is 0. The minimum Gasteiger partial charge on any atom is -0.0988 e. The van der Waals surface area contributed by atoms with Gasteiger partial charge < -0.3 is 0 Å². The Morgan fingerprint density at radius 2 is 1.82 bits per heavy atom. The Hall–Kier alpha value is -1.56. The highest BCUT2D eigenvalue weighted by Crippen LogP contribution is 2.03. The first-order chi connectivity index (χ1) is 8.20. The van der Waals surface area contributed by atoms with E-state index >= 15 is 0 Å². The summed E-state index contributed by atoms with van der Waals surface area (Å²) in [6.07, 6.45) is 9.93. The van der Waals surface area contributed by atoms with E-state index < -0.39 is 0 Å². The van der Waals surface area contributed by atoms with Crippen LogP contribution in [0.25, 0.3) is 6.08 Å². The predicted octanol–water partition coefficient (Wildman–Crippen LogP) is 5.64. The van der Waals surface area contributed by atoms with E-state index in [2.05, 4.69) is 56.5 Å². The van der Waals surface area contributed by atoms with Crippen LogP contribution in [0.1, 0.15) is 38.7 Å². The molecule has 0 radical (unpaired) electrons. The van der Waals surface area contributed by atoms with Crippen LogP contribution in [0.2, 0.25) is 0 Å². The van der Waals surface area contributed by atoms with E-state index in [0.29, 0.717) is 0 Å². The maximum atomic E-state index is 3.56. The molecule has 0 bridgehead atoms. The smallest absolute Gasteiger partial charge is 0.0260 e. The summed E-state index contributed by atoms with van der Waals surface area (Å²) < 4.78 is 0. The second-order valence-electron chi connectivity index (χ2n) is 4.01. The van der Waals surface area contributed by atoms with E-state index in [4.69, 9.17) is 0 Å². The van der Waals surface area contributed by atoms with Crippen molar-refractivity contribution in [3.05, 3.63) is 66.8 Å². The van der Waals surface area contributed by atoms with E-state index in [1.54, 1.807) is 6.08 Å². The molecule has 1 aromatic rings. The molecule has 0 aliphatic heterocycles. The van der Waals surface area contributed by atoms with Gasteiger partial charge in [-0.15, -0.1) is 0 Å². The molecule has 92 valence electrons. The molecule has 0 atom stereocenters. The molecule has 0 heteroatoms. The number of benzene rings is 1. The van der Waals surface area contributed by atoms with Gasteiger partial charge in [0.15, 0.2) is 0 Å². The average molecular weight is 228 g/mol. The van der Waals surface area contributed by atoms with Crippen LogP contribution in [0.4, 0.5) is 0 Å². The summed E-state index contributed by atoms with van der Waals surface area (Å²) in [6.45, 7) is 11.1. The van der Waals surface area contributed by atoms with Crippen molar-refractivity contribution in [1.29, 1.82) is 0 Å². The Labute approximate surface area is 106 Å². The molecule has 0 amide bonds. The summed E-state index contributed by atoms with van der Waals surface area (Å²) in [6, 6.07) is 10.4. The van der Waals surface area contributed by atoms with Gasteiger partial charge >= 0.3 is 0 Å². The largest absolute Gasteiger partial charge is 0.0988 e. The van der Waals surface area contributed by atoms with Gasteiger partial charge in [-0.05, 0) is 18.9 Å². The zero-order valence-electron chi connectivity index (χ0n) is 11.2. The van der Waals surface area contributed by atoms with Gasteiger partial charge in [-0.1, -0.05) is 87.1 Å². The maximum Gasteiger partial charge on any atom is -0.0260 e. The first-order valence-electron chi connectivity index (χ1n) is 6.20. The van der Waals surface area contributed by atoms with Gasteiger partial charge in [0, 0.05) is 0 Å². The molecule has 0 fully saturated rings. The van der Waals surface area contributed by atoms with Crippen molar-refractivity contribution >= 4 is 6.08 Å². The normalized spacial score (nSPS) is 9.53. The van der Waals surface area contributed by atoms with Crippen molar-refractivity contribution in [3.8, 4) is 0 Å². The van der Waals surface area contributed by atoms with Crippen LogP contribution in [0.5, 0.6) is 0 Å². The quantitative estimate of drug-likeness (QED) is 0.452. The lowest BCUT2D eigenvalue weighted by Gasteiger charge is -1.91. The molecule has 0 heterocycles. The van der Waals surface area contributed by atoms with Gasteiger partial charge in [-0.2, -0.15) is 0 Å². The van der Waals surface area contributed by atoms with Crippen molar-refractivity contribution in [1.82, 2.24) is 0 Å². The fourth-order valence-corrected chi connectivity index (χ4v) is 1.11. The Morgan fingerprint density at radius 1 is 1.24 bits per heavy atom. The molecule has 0 aliphatic rings. The van der Waals surface area contributed by atoms with Crippen molar-refractivity contribution in [2.75, 3.05) is 0 Å². The van der Waals surface area contributed by atoms with Crippen molar-refractivity contribution in [2.24, 2.45) is 0 Å². The molecule has 0 saturated heterocycles. The minimum atomic E-state index is 1.02. The maximum absolute atomic E-state index is 3.56. The lowest BCUT2D eigenvalue weighted by atomic mass is 10.2. The van der Waals surface area contributed by atoms with E-state index in [-0.39, 0.29) is 0 Å². The number of allylic oxidation sites excluding steroid dienone is 3. The van der Waals surface area contributed by atoms with Crippen LogP contribution < -0.4 is 0 Å². The standard InChI is InChI=1S/C12H16.C5H8/c1-2-3-4-6-9-12-10-7-5-8-11-12;1-4-5(2)3/h5-11H,2-4H2,1H3;4H,1-2H2,3H3. The summed E-state index contributed by atoms with van der Waals surface area (Å²) in [4.78, 5) is 0. The Balaban J connectivity index is 0.000000437. The third-order valence-corrected chi connectivity index (χ3v) is 2.18. The van der Waals surface area contributed by atoms with Gasteiger partial charge in [-0.25, -0.2) is 0 Å². The third-order valence-electron chi connectivity index (χ3n) is 2.18. The molecule has 0 saturated carbocycles. The molecule has 0 nitrogen and oxygen atoms in total. The van der Waals surface area contributed by atoms with Crippen LogP contribution in [-0.4, -0.2) is 0 Å². The molecule has 1 rings (SSSR count). The number of hydrogen-bond acceptors (Lipinski definition) is 0. The fourth-order valence-electron chi connectivity index (χ4n) is 1.11. The molecular weight excluding hydrogens is 204 g/mol. The van der Waals surface area contributed by atoms with Gasteiger partial charge in [0.25, 0.3) is 0 Å².